The van der Waals surface area contributed by atoms with Crippen LogP contribution < -0.4 is 0 Å². The molecule has 226 valence electrons. The Morgan fingerprint density at radius 1 is 0.500 bits per heavy atom. The number of rotatable bonds is 4. The molecule has 5 nitrogen and oxygen atoms in total. The van der Waals surface area contributed by atoms with Crippen LogP contribution in [0.3, 0.4) is 0 Å². The molecule has 0 aliphatic carbocycles. The van der Waals surface area contributed by atoms with Crippen LogP contribution in [0.2, 0.25) is 0 Å². The average Bonchev–Trinajstić information content (AvgIpc) is 3.66. The molecule has 0 N–H and O–H groups in total. The van der Waals surface area contributed by atoms with Crippen molar-refractivity contribution in [3.8, 4) is 45.5 Å². The Morgan fingerprint density at radius 3 is 1.88 bits per heavy atom. The van der Waals surface area contributed by atoms with Crippen molar-refractivity contribution in [2.45, 2.75) is 9.79 Å². The van der Waals surface area contributed by atoms with Gasteiger partial charge in [-0.1, -0.05) is 109 Å². The highest BCUT2D eigenvalue weighted by Gasteiger charge is 2.28. The zero-order valence-electron chi connectivity index (χ0n) is 25.4. The van der Waals surface area contributed by atoms with Gasteiger partial charge in [0.15, 0.2) is 17.5 Å². The van der Waals surface area contributed by atoms with Gasteiger partial charge in [0.2, 0.25) is 0 Å². The van der Waals surface area contributed by atoms with Gasteiger partial charge in [-0.3, -0.25) is 9.13 Å². The summed E-state index contributed by atoms with van der Waals surface area (Å²) in [5.74, 6) is 1.54. The lowest BCUT2D eigenvalue weighted by molar-refractivity contribution is 0.629. The summed E-state index contributed by atoms with van der Waals surface area (Å²) in [6, 6.07) is 48.3. The monoisotopic (exact) mass is 637 g/mol. The van der Waals surface area contributed by atoms with E-state index in [1.807, 2.05) is 78.9 Å². The van der Waals surface area contributed by atoms with Crippen molar-refractivity contribution in [1.29, 1.82) is 0 Å². The van der Waals surface area contributed by atoms with Gasteiger partial charge < -0.3 is 0 Å². The van der Waals surface area contributed by atoms with E-state index in [0.29, 0.717) is 17.5 Å². The van der Waals surface area contributed by atoms with Crippen molar-refractivity contribution in [3.63, 3.8) is 0 Å². The number of halogens is 1. The molecule has 1 aliphatic heterocycles. The normalized spacial score (nSPS) is 12.2. The molecule has 0 fully saturated rings. The van der Waals surface area contributed by atoms with Crippen LogP contribution in [0.4, 0.5) is 4.39 Å². The second-order valence-electron chi connectivity index (χ2n) is 11.8. The maximum Gasteiger partial charge on any atom is 0.164 e. The fourth-order valence-electron chi connectivity index (χ4n) is 6.93. The minimum atomic E-state index is -0.260. The molecule has 0 saturated carbocycles. The number of aromatic nitrogens is 5. The van der Waals surface area contributed by atoms with Crippen molar-refractivity contribution in [2.75, 3.05) is 0 Å². The van der Waals surface area contributed by atoms with Crippen LogP contribution in [0.25, 0.3) is 78.4 Å². The lowest BCUT2D eigenvalue weighted by atomic mass is 10.1. The first-order valence-electron chi connectivity index (χ1n) is 15.7. The molecule has 0 bridgehead atoms. The number of fused-ring (bicyclic) bond motifs is 7. The Kier molecular flexibility index (Phi) is 5.92. The molecule has 1 aliphatic rings. The van der Waals surface area contributed by atoms with Gasteiger partial charge >= 0.3 is 0 Å². The maximum absolute atomic E-state index is 15.0. The summed E-state index contributed by atoms with van der Waals surface area (Å²) >= 11 is 1.78. The maximum atomic E-state index is 15.0. The predicted molar refractivity (Wildman–Crippen MR) is 191 cm³/mol. The second-order valence-corrected chi connectivity index (χ2v) is 12.9. The topological polar surface area (TPSA) is 48.5 Å². The second kappa shape index (κ2) is 10.5. The van der Waals surface area contributed by atoms with Gasteiger partial charge in [0.1, 0.15) is 11.5 Å². The van der Waals surface area contributed by atoms with E-state index in [1.54, 1.807) is 23.9 Å². The van der Waals surface area contributed by atoms with E-state index in [0.717, 1.165) is 60.9 Å². The van der Waals surface area contributed by atoms with E-state index < -0.39 is 0 Å². The third-order valence-electron chi connectivity index (χ3n) is 9.00. The number of hydrogen-bond acceptors (Lipinski definition) is 4. The van der Waals surface area contributed by atoms with Crippen LogP contribution in [-0.4, -0.2) is 24.1 Å². The Morgan fingerprint density at radius 2 is 1.12 bits per heavy atom. The van der Waals surface area contributed by atoms with Gasteiger partial charge in [0.25, 0.3) is 0 Å². The third kappa shape index (κ3) is 4.08. The average molecular weight is 638 g/mol. The van der Waals surface area contributed by atoms with Gasteiger partial charge in [0.05, 0.1) is 16.7 Å². The van der Waals surface area contributed by atoms with Crippen LogP contribution in [-0.2, 0) is 0 Å². The van der Waals surface area contributed by atoms with E-state index in [4.69, 9.17) is 15.0 Å². The Balaban J connectivity index is 1.26. The first-order chi connectivity index (χ1) is 23.7. The summed E-state index contributed by atoms with van der Waals surface area (Å²) < 4.78 is 19.6. The highest BCUT2D eigenvalue weighted by molar-refractivity contribution is 7.99. The summed E-state index contributed by atoms with van der Waals surface area (Å²) in [7, 11) is 0. The van der Waals surface area contributed by atoms with E-state index in [-0.39, 0.29) is 5.82 Å². The molecular weight excluding hydrogens is 614 g/mol. The molecule has 9 aromatic rings. The number of benzene rings is 6. The van der Waals surface area contributed by atoms with E-state index in [2.05, 4.69) is 63.7 Å². The fraction of sp³-hybridized carbons (Fsp3) is 0. The Hall–Kier alpha value is -6.05. The molecule has 3 aromatic heterocycles. The van der Waals surface area contributed by atoms with Gasteiger partial charge in [-0.15, -0.1) is 0 Å². The highest BCUT2D eigenvalue weighted by Crippen LogP contribution is 2.49. The van der Waals surface area contributed by atoms with Gasteiger partial charge in [0, 0.05) is 48.3 Å². The SMILES string of the molecule is Fc1ccc2c(c1)c1c3cccc4c3n(c1n2-c1cccc(-c2nc(-c3ccccc3)nc(-c3ccccc3)n2)c1)-c1ccccc1S4. The molecule has 0 saturated heterocycles. The van der Waals surface area contributed by atoms with E-state index in [1.165, 1.54) is 9.79 Å². The third-order valence-corrected chi connectivity index (χ3v) is 10.1. The molecule has 7 heteroatoms. The number of hydrogen-bond donors (Lipinski definition) is 0. The summed E-state index contributed by atoms with van der Waals surface area (Å²) in [6.07, 6.45) is 0. The van der Waals surface area contributed by atoms with Crippen LogP contribution in [0.15, 0.2) is 155 Å². The smallest absolute Gasteiger partial charge is 0.164 e. The summed E-state index contributed by atoms with van der Waals surface area (Å²) in [4.78, 5) is 17.2. The molecule has 0 unspecified atom stereocenters. The van der Waals surface area contributed by atoms with Crippen molar-refractivity contribution in [1.82, 2.24) is 24.1 Å². The highest BCUT2D eigenvalue weighted by atomic mass is 32.2. The molecule has 48 heavy (non-hydrogen) atoms. The number of para-hydroxylation sites is 2. The summed E-state index contributed by atoms with van der Waals surface area (Å²) in [5, 5.41) is 3.01. The first kappa shape index (κ1) is 27.1. The van der Waals surface area contributed by atoms with Crippen LogP contribution in [0.5, 0.6) is 0 Å². The van der Waals surface area contributed by atoms with Crippen molar-refractivity contribution in [3.05, 3.63) is 151 Å². The molecule has 6 aromatic carbocycles. The van der Waals surface area contributed by atoms with Crippen molar-refractivity contribution in [2.24, 2.45) is 0 Å². The van der Waals surface area contributed by atoms with Crippen LogP contribution in [0, 0.1) is 5.82 Å². The van der Waals surface area contributed by atoms with E-state index in [9.17, 15) is 4.39 Å². The zero-order chi connectivity index (χ0) is 31.8. The first-order valence-corrected chi connectivity index (χ1v) is 16.5. The molecule has 0 amide bonds. The molecule has 0 radical (unpaired) electrons. The molecule has 0 atom stereocenters. The van der Waals surface area contributed by atoms with Crippen LogP contribution in [0.1, 0.15) is 0 Å². The van der Waals surface area contributed by atoms with Gasteiger partial charge in [-0.05, 0) is 48.5 Å². The fourth-order valence-corrected chi connectivity index (χ4v) is 8.03. The largest absolute Gasteiger partial charge is 0.295 e. The molecular formula is C41H24FN5S. The molecule has 0 spiro atoms. The molecule has 10 rings (SSSR count). The molecule has 4 heterocycles. The number of nitrogens with zero attached hydrogens (tertiary/aromatic N) is 5. The van der Waals surface area contributed by atoms with E-state index >= 15 is 0 Å². The van der Waals surface area contributed by atoms with Crippen LogP contribution >= 0.6 is 11.8 Å². The summed E-state index contributed by atoms with van der Waals surface area (Å²) in [5.41, 5.74) is 7.79. The quantitative estimate of drug-likeness (QED) is 0.193. The predicted octanol–water partition coefficient (Wildman–Crippen LogP) is 10.5. The van der Waals surface area contributed by atoms with Gasteiger partial charge in [-0.25, -0.2) is 19.3 Å². The zero-order valence-corrected chi connectivity index (χ0v) is 26.2. The lowest BCUT2D eigenvalue weighted by Gasteiger charge is -2.21. The lowest BCUT2D eigenvalue weighted by Crippen LogP contribution is -2.06. The summed E-state index contributed by atoms with van der Waals surface area (Å²) in [6.45, 7) is 0. The minimum Gasteiger partial charge on any atom is -0.295 e. The van der Waals surface area contributed by atoms with Crippen molar-refractivity contribution < 1.29 is 4.39 Å². The van der Waals surface area contributed by atoms with Gasteiger partial charge in [-0.2, -0.15) is 0 Å². The Bertz CT molecular complexity index is 2660. The Labute approximate surface area is 279 Å². The standard InChI is InChI=1S/C41H24FN5S/c42-28-21-22-32-31(24-28)36-30-17-10-20-35-37(30)47(33-18-7-8-19-34(33)48-35)41(36)46(32)29-16-9-15-27(23-29)40-44-38(25-11-3-1-4-12-25)43-39(45-40)26-13-5-2-6-14-26/h1-24H. The van der Waals surface area contributed by atoms with Crippen molar-refractivity contribution >= 4 is 44.6 Å². The minimum absolute atomic E-state index is 0.260.